The molecule has 25 heavy (non-hydrogen) atoms. The second kappa shape index (κ2) is 8.01. The Labute approximate surface area is 148 Å². The number of hydrogen-bond donors (Lipinski definition) is 1. The molecule has 5 heteroatoms. The summed E-state index contributed by atoms with van der Waals surface area (Å²) in [5.41, 5.74) is 1.94. The lowest BCUT2D eigenvalue weighted by Gasteiger charge is -2.21. The van der Waals surface area contributed by atoms with E-state index < -0.39 is 11.7 Å². The number of anilines is 1. The summed E-state index contributed by atoms with van der Waals surface area (Å²) < 4.78 is 11.1. The van der Waals surface area contributed by atoms with Gasteiger partial charge in [0.2, 0.25) is 0 Å². The van der Waals surface area contributed by atoms with E-state index in [4.69, 9.17) is 9.47 Å². The molecule has 5 nitrogen and oxygen atoms in total. The lowest BCUT2D eigenvalue weighted by atomic mass is 9.95. The molecule has 0 aromatic heterocycles. The molecule has 0 bridgehead atoms. The topological polar surface area (TPSA) is 64.6 Å². The highest BCUT2D eigenvalue weighted by atomic mass is 16.6. The summed E-state index contributed by atoms with van der Waals surface area (Å²) in [5.74, 6) is 0.676. The van der Waals surface area contributed by atoms with Crippen molar-refractivity contribution in [3.63, 3.8) is 0 Å². The number of rotatable bonds is 5. The van der Waals surface area contributed by atoms with E-state index in [1.807, 2.05) is 39.8 Å². The SMILES string of the molecule is CCC1=C(C=O)CC(Oc2ccc(NC(=O)OC(C)(C)C)cc2)C=C1. The molecule has 134 valence electrons. The number of carbonyl (C=O) groups is 2. The van der Waals surface area contributed by atoms with E-state index in [0.29, 0.717) is 17.9 Å². The molecule has 2 rings (SSSR count). The number of carbonyl (C=O) groups excluding carboxylic acids is 2. The van der Waals surface area contributed by atoms with Gasteiger partial charge in [0.15, 0.2) is 0 Å². The molecule has 0 saturated heterocycles. The smallest absolute Gasteiger partial charge is 0.412 e. The Bertz CT molecular complexity index is 681. The van der Waals surface area contributed by atoms with Crippen molar-refractivity contribution in [2.24, 2.45) is 0 Å². The second-order valence-corrected chi connectivity index (χ2v) is 6.89. The molecule has 1 aromatic rings. The summed E-state index contributed by atoms with van der Waals surface area (Å²) in [6, 6.07) is 7.06. The van der Waals surface area contributed by atoms with E-state index >= 15 is 0 Å². The first-order chi connectivity index (χ1) is 11.8. The van der Waals surface area contributed by atoms with Gasteiger partial charge in [0.25, 0.3) is 0 Å². The average Bonchev–Trinajstić information content (AvgIpc) is 2.54. The highest BCUT2D eigenvalue weighted by Crippen LogP contribution is 2.25. The van der Waals surface area contributed by atoms with Crippen LogP contribution in [0.25, 0.3) is 0 Å². The van der Waals surface area contributed by atoms with Gasteiger partial charge in [-0.05, 0) is 68.7 Å². The third kappa shape index (κ3) is 5.78. The lowest BCUT2D eigenvalue weighted by Crippen LogP contribution is -2.27. The molecule has 0 spiro atoms. The van der Waals surface area contributed by atoms with Crippen LogP contribution >= 0.6 is 0 Å². The molecule has 1 aromatic carbocycles. The van der Waals surface area contributed by atoms with Gasteiger partial charge in [-0.2, -0.15) is 0 Å². The van der Waals surface area contributed by atoms with Crippen LogP contribution in [0.4, 0.5) is 10.5 Å². The van der Waals surface area contributed by atoms with Crippen LogP contribution in [0.15, 0.2) is 47.6 Å². The Morgan fingerprint density at radius 3 is 2.52 bits per heavy atom. The summed E-state index contributed by atoms with van der Waals surface area (Å²) >= 11 is 0. The van der Waals surface area contributed by atoms with Crippen LogP contribution in [0.1, 0.15) is 40.5 Å². The molecule has 0 fully saturated rings. The van der Waals surface area contributed by atoms with Crippen molar-refractivity contribution < 1.29 is 19.1 Å². The van der Waals surface area contributed by atoms with Crippen molar-refractivity contribution in [1.82, 2.24) is 0 Å². The van der Waals surface area contributed by atoms with E-state index in [1.54, 1.807) is 24.3 Å². The van der Waals surface area contributed by atoms with E-state index in [9.17, 15) is 9.59 Å². The number of nitrogens with one attached hydrogen (secondary N) is 1. The number of ether oxygens (including phenoxy) is 2. The number of aldehydes is 1. The number of benzene rings is 1. The number of allylic oxidation sites excluding steroid dienone is 2. The molecule has 1 atom stereocenters. The highest BCUT2D eigenvalue weighted by Gasteiger charge is 2.18. The molecule has 0 aliphatic heterocycles. The van der Waals surface area contributed by atoms with Gasteiger partial charge in [0.1, 0.15) is 23.7 Å². The monoisotopic (exact) mass is 343 g/mol. The van der Waals surface area contributed by atoms with Crippen molar-refractivity contribution in [3.8, 4) is 5.75 Å². The molecule has 1 N–H and O–H groups in total. The molecule has 1 aliphatic rings. The van der Waals surface area contributed by atoms with Crippen molar-refractivity contribution in [1.29, 1.82) is 0 Å². The predicted molar refractivity (Wildman–Crippen MR) is 97.9 cm³/mol. The van der Waals surface area contributed by atoms with E-state index in [1.165, 1.54) is 0 Å². The molecule has 0 radical (unpaired) electrons. The molecule has 0 heterocycles. The van der Waals surface area contributed by atoms with Gasteiger partial charge in [0.05, 0.1) is 0 Å². The summed E-state index contributed by atoms with van der Waals surface area (Å²) in [4.78, 5) is 22.9. The van der Waals surface area contributed by atoms with Crippen molar-refractivity contribution in [2.75, 3.05) is 5.32 Å². The van der Waals surface area contributed by atoms with Crippen LogP contribution in [0.5, 0.6) is 5.75 Å². The van der Waals surface area contributed by atoms with Gasteiger partial charge in [-0.25, -0.2) is 4.79 Å². The fourth-order valence-corrected chi connectivity index (χ4v) is 2.51. The van der Waals surface area contributed by atoms with Crippen molar-refractivity contribution in [3.05, 3.63) is 47.6 Å². The fraction of sp³-hybridized carbons (Fsp3) is 0.400. The van der Waals surface area contributed by atoms with E-state index in [2.05, 4.69) is 5.32 Å². The minimum Gasteiger partial charge on any atom is -0.486 e. The minimum atomic E-state index is -0.540. The van der Waals surface area contributed by atoms with Gasteiger partial charge in [0, 0.05) is 12.1 Å². The van der Waals surface area contributed by atoms with Crippen LogP contribution in [-0.4, -0.2) is 24.1 Å². The maximum atomic E-state index is 11.7. The zero-order valence-electron chi connectivity index (χ0n) is 15.2. The van der Waals surface area contributed by atoms with Crippen LogP contribution < -0.4 is 10.1 Å². The lowest BCUT2D eigenvalue weighted by molar-refractivity contribution is -0.105. The first kappa shape index (κ1) is 18.8. The zero-order valence-corrected chi connectivity index (χ0v) is 15.2. The Morgan fingerprint density at radius 2 is 1.96 bits per heavy atom. The second-order valence-electron chi connectivity index (χ2n) is 6.89. The summed E-state index contributed by atoms with van der Waals surface area (Å²) in [6.45, 7) is 7.47. The van der Waals surface area contributed by atoms with Crippen molar-refractivity contribution >= 4 is 18.1 Å². The fourth-order valence-electron chi connectivity index (χ4n) is 2.51. The van der Waals surface area contributed by atoms with Crippen LogP contribution in [0.3, 0.4) is 0 Å². The van der Waals surface area contributed by atoms with Crippen molar-refractivity contribution in [2.45, 2.75) is 52.2 Å². The quantitative estimate of drug-likeness (QED) is 0.791. The normalized spacial score (nSPS) is 17.2. The average molecular weight is 343 g/mol. The zero-order chi connectivity index (χ0) is 18.4. The molecular weight excluding hydrogens is 318 g/mol. The highest BCUT2D eigenvalue weighted by molar-refractivity contribution is 5.84. The van der Waals surface area contributed by atoms with Gasteiger partial charge >= 0.3 is 6.09 Å². The summed E-state index contributed by atoms with van der Waals surface area (Å²) in [5, 5.41) is 2.67. The molecule has 1 aliphatic carbocycles. The van der Waals surface area contributed by atoms with E-state index in [0.717, 1.165) is 23.9 Å². The minimum absolute atomic E-state index is 0.167. The van der Waals surface area contributed by atoms with Gasteiger partial charge in [-0.15, -0.1) is 0 Å². The third-order valence-corrected chi connectivity index (χ3v) is 3.66. The molecule has 1 amide bonds. The predicted octanol–water partition coefficient (Wildman–Crippen LogP) is 4.65. The van der Waals surface area contributed by atoms with Crippen LogP contribution in [0, 0.1) is 0 Å². The first-order valence-corrected chi connectivity index (χ1v) is 8.43. The Kier molecular flexibility index (Phi) is 6.02. The maximum absolute atomic E-state index is 11.7. The number of amides is 1. The number of hydrogen-bond acceptors (Lipinski definition) is 4. The first-order valence-electron chi connectivity index (χ1n) is 8.43. The van der Waals surface area contributed by atoms with Gasteiger partial charge in [-0.3, -0.25) is 10.1 Å². The Hall–Kier alpha value is -2.56. The largest absolute Gasteiger partial charge is 0.486 e. The maximum Gasteiger partial charge on any atom is 0.412 e. The molecule has 1 unspecified atom stereocenters. The van der Waals surface area contributed by atoms with Crippen LogP contribution in [0.2, 0.25) is 0 Å². The van der Waals surface area contributed by atoms with E-state index in [-0.39, 0.29) is 6.10 Å². The third-order valence-electron chi connectivity index (χ3n) is 3.66. The molecular formula is C20H25NO4. The van der Waals surface area contributed by atoms with Gasteiger partial charge < -0.3 is 9.47 Å². The van der Waals surface area contributed by atoms with Gasteiger partial charge in [-0.1, -0.05) is 13.0 Å². The van der Waals surface area contributed by atoms with Crippen LogP contribution in [-0.2, 0) is 9.53 Å². The Balaban J connectivity index is 1.93. The summed E-state index contributed by atoms with van der Waals surface area (Å²) in [7, 11) is 0. The standard InChI is InChI=1S/C20H25NO4/c1-5-14-6-9-18(12-15(14)13-22)24-17-10-7-16(8-11-17)21-19(23)25-20(2,3)4/h6-11,13,18H,5,12H2,1-4H3,(H,21,23). The Morgan fingerprint density at radius 1 is 1.28 bits per heavy atom. The molecule has 0 saturated carbocycles. The summed E-state index contributed by atoms with van der Waals surface area (Å²) in [6.07, 6.45) is 5.58.